The van der Waals surface area contributed by atoms with Gasteiger partial charge in [0, 0.05) is 10.8 Å². The third-order valence-corrected chi connectivity index (χ3v) is 22.3. The highest BCUT2D eigenvalue weighted by Gasteiger charge is 2.72. The van der Waals surface area contributed by atoms with Crippen LogP contribution in [0.15, 0.2) is 23.3 Å². The van der Waals surface area contributed by atoms with Crippen molar-refractivity contribution >= 4 is 16.6 Å². The maximum Gasteiger partial charge on any atom is 0.192 e. The number of hydrogen-bond donors (Lipinski definition) is 0. The minimum absolute atomic E-state index is 0.0556. The van der Waals surface area contributed by atoms with Crippen LogP contribution in [0.1, 0.15) is 101 Å². The fourth-order valence-electron chi connectivity index (χ4n) is 8.57. The van der Waals surface area contributed by atoms with Crippen molar-refractivity contribution in [1.82, 2.24) is 0 Å². The number of ether oxygens (including phenoxy) is 1. The summed E-state index contributed by atoms with van der Waals surface area (Å²) >= 11 is 0. The Morgan fingerprint density at radius 3 is 1.95 bits per heavy atom. The molecule has 0 aromatic rings. The summed E-state index contributed by atoms with van der Waals surface area (Å²) in [7, 11) is -3.85. The molecule has 4 fully saturated rings. The van der Waals surface area contributed by atoms with Crippen LogP contribution >= 0.6 is 0 Å². The molecule has 4 aliphatic carbocycles. The van der Waals surface area contributed by atoms with Gasteiger partial charge in [0.15, 0.2) is 16.6 Å². The average molecular weight is 559 g/mol. The third kappa shape index (κ3) is 4.10. The molecule has 0 aromatic carbocycles. The van der Waals surface area contributed by atoms with E-state index in [1.54, 1.807) is 11.1 Å². The van der Waals surface area contributed by atoms with Gasteiger partial charge in [0.05, 0.1) is 18.3 Å². The van der Waals surface area contributed by atoms with Crippen LogP contribution < -0.4 is 0 Å². The molecule has 0 amide bonds. The highest BCUT2D eigenvalue weighted by molar-refractivity contribution is 6.74. The van der Waals surface area contributed by atoms with Crippen molar-refractivity contribution in [2.75, 3.05) is 0 Å². The van der Waals surface area contributed by atoms with E-state index in [0.29, 0.717) is 17.9 Å². The van der Waals surface area contributed by atoms with Crippen molar-refractivity contribution in [3.05, 3.63) is 23.3 Å². The topological polar surface area (TPSA) is 31.0 Å². The zero-order valence-electron chi connectivity index (χ0n) is 27.0. The first-order valence-corrected chi connectivity index (χ1v) is 21.5. The van der Waals surface area contributed by atoms with E-state index in [-0.39, 0.29) is 38.7 Å². The SMILES string of the molecule is C[C@@H]1O[C@@]12CCC1C3=CC=C4C[C@@H](O[Si](C)(C)C(C)(C)C)C[C@H](O[Si](C)(C)C(C)(C)C)[C@]4(C)C3CC[C@@]12C. The van der Waals surface area contributed by atoms with Crippen molar-refractivity contribution < 1.29 is 13.6 Å². The van der Waals surface area contributed by atoms with Crippen molar-refractivity contribution in [1.29, 1.82) is 0 Å². The highest BCUT2D eigenvalue weighted by Crippen LogP contribution is 2.72. The summed E-state index contributed by atoms with van der Waals surface area (Å²) in [5, 5.41) is 0.405. The molecule has 38 heavy (non-hydrogen) atoms. The molecule has 3 nitrogen and oxygen atoms in total. The first kappa shape index (κ1) is 29.3. The van der Waals surface area contributed by atoms with Crippen LogP contribution in [0.25, 0.3) is 0 Å². The lowest BCUT2D eigenvalue weighted by molar-refractivity contribution is -0.0445. The molecule has 5 heteroatoms. The lowest BCUT2D eigenvalue weighted by Crippen LogP contribution is -2.58. The second-order valence-corrected chi connectivity index (χ2v) is 26.7. The Balaban J connectivity index is 1.52. The van der Waals surface area contributed by atoms with Crippen LogP contribution in [0.4, 0.5) is 0 Å². The molecular weight excluding hydrogens is 501 g/mol. The predicted octanol–water partition coefficient (Wildman–Crippen LogP) is 9.42. The number of fused-ring (bicyclic) bond motifs is 6. The summed E-state index contributed by atoms with van der Waals surface area (Å²) in [6, 6.07) is 0. The Morgan fingerprint density at radius 1 is 0.842 bits per heavy atom. The molecule has 216 valence electrons. The third-order valence-electron chi connectivity index (χ3n) is 13.3. The predicted molar refractivity (Wildman–Crippen MR) is 164 cm³/mol. The molecule has 0 aromatic heterocycles. The van der Waals surface area contributed by atoms with Gasteiger partial charge in [0.1, 0.15) is 5.60 Å². The summed E-state index contributed by atoms with van der Waals surface area (Å²) in [5.41, 5.74) is 3.80. The summed E-state index contributed by atoms with van der Waals surface area (Å²) in [5.74, 6) is 1.23. The van der Waals surface area contributed by atoms with Crippen LogP contribution in [0.3, 0.4) is 0 Å². The van der Waals surface area contributed by atoms with Gasteiger partial charge in [0.2, 0.25) is 0 Å². The molecule has 1 aliphatic heterocycles. The van der Waals surface area contributed by atoms with Crippen LogP contribution in [0.2, 0.25) is 36.3 Å². The molecule has 0 N–H and O–H groups in total. The quantitative estimate of drug-likeness (QED) is 0.254. The van der Waals surface area contributed by atoms with E-state index in [9.17, 15) is 0 Å². The lowest BCUT2D eigenvalue weighted by atomic mass is 9.49. The van der Waals surface area contributed by atoms with E-state index in [2.05, 4.69) is 101 Å². The minimum Gasteiger partial charge on any atom is -0.414 e. The van der Waals surface area contributed by atoms with Crippen LogP contribution in [0, 0.1) is 22.7 Å². The summed E-state index contributed by atoms with van der Waals surface area (Å²) in [4.78, 5) is 0. The molecule has 8 atom stereocenters. The highest BCUT2D eigenvalue weighted by atomic mass is 28.4. The number of epoxide rings is 1. The van der Waals surface area contributed by atoms with Gasteiger partial charge >= 0.3 is 0 Å². The Kier molecular flexibility index (Phi) is 6.67. The maximum atomic E-state index is 7.48. The zero-order chi connectivity index (χ0) is 28.3. The smallest absolute Gasteiger partial charge is 0.192 e. The molecule has 5 rings (SSSR count). The van der Waals surface area contributed by atoms with E-state index in [4.69, 9.17) is 13.6 Å². The van der Waals surface area contributed by atoms with Crippen molar-refractivity contribution in [3.8, 4) is 0 Å². The van der Waals surface area contributed by atoms with Crippen molar-refractivity contribution in [3.63, 3.8) is 0 Å². The average Bonchev–Trinajstić information content (AvgIpc) is 3.33. The number of allylic oxidation sites excluding steroid dienone is 3. The maximum absolute atomic E-state index is 7.48. The van der Waals surface area contributed by atoms with E-state index >= 15 is 0 Å². The zero-order valence-corrected chi connectivity index (χ0v) is 29.0. The van der Waals surface area contributed by atoms with Gasteiger partial charge in [-0.25, -0.2) is 0 Å². The van der Waals surface area contributed by atoms with Crippen LogP contribution in [0.5, 0.6) is 0 Å². The fraction of sp³-hybridized carbons (Fsp3) is 0.879. The Hall–Kier alpha value is -0.206. The van der Waals surface area contributed by atoms with Gasteiger partial charge in [-0.1, -0.05) is 78.7 Å². The Labute approximate surface area is 236 Å². The molecule has 1 spiro atoms. The second-order valence-electron chi connectivity index (χ2n) is 17.2. The fourth-order valence-corrected chi connectivity index (χ4v) is 11.3. The van der Waals surface area contributed by atoms with E-state index < -0.39 is 16.6 Å². The molecule has 0 bridgehead atoms. The number of hydrogen-bond acceptors (Lipinski definition) is 3. The molecule has 1 saturated heterocycles. The van der Waals surface area contributed by atoms with Gasteiger partial charge in [-0.05, 0) is 93.5 Å². The van der Waals surface area contributed by atoms with Gasteiger partial charge in [-0.2, -0.15) is 0 Å². The van der Waals surface area contributed by atoms with Crippen molar-refractivity contribution in [2.24, 2.45) is 22.7 Å². The van der Waals surface area contributed by atoms with Crippen LogP contribution in [-0.4, -0.2) is 40.5 Å². The number of rotatable bonds is 4. The summed E-state index contributed by atoms with van der Waals surface area (Å²) in [6.45, 7) is 31.4. The second kappa shape index (κ2) is 8.66. The first-order valence-electron chi connectivity index (χ1n) is 15.6. The molecule has 3 saturated carbocycles. The molecule has 2 unspecified atom stereocenters. The molecular formula is C33H58O3Si2. The van der Waals surface area contributed by atoms with Gasteiger partial charge in [-0.3, -0.25) is 0 Å². The molecule has 0 radical (unpaired) electrons. The molecule has 1 heterocycles. The van der Waals surface area contributed by atoms with Crippen molar-refractivity contribution in [2.45, 2.75) is 161 Å². The lowest BCUT2D eigenvalue weighted by Gasteiger charge is -2.59. The molecule has 5 aliphatic rings. The van der Waals surface area contributed by atoms with Gasteiger partial charge in [0.25, 0.3) is 0 Å². The van der Waals surface area contributed by atoms with E-state index in [1.165, 1.54) is 25.7 Å². The summed E-state index contributed by atoms with van der Waals surface area (Å²) < 4.78 is 21.0. The van der Waals surface area contributed by atoms with Gasteiger partial charge < -0.3 is 13.6 Å². The first-order chi connectivity index (χ1) is 17.2. The Bertz CT molecular complexity index is 1030. The minimum atomic E-state index is -1.97. The summed E-state index contributed by atoms with van der Waals surface area (Å²) in [6.07, 6.45) is 13.1. The van der Waals surface area contributed by atoms with E-state index in [0.717, 1.165) is 12.8 Å². The normalized spacial score (nSPS) is 43.2. The van der Waals surface area contributed by atoms with E-state index in [1.807, 2.05) is 0 Å². The van der Waals surface area contributed by atoms with Gasteiger partial charge in [-0.15, -0.1) is 0 Å². The standard InChI is InChI=1S/C33H58O3Si2/c1-22-33(34-22)19-17-26-25-15-14-23-20-24(35-37(10,11)29(2,3)4)21-28(36-38(12,13)30(5,6)7)32(23,9)27(25)16-18-31(26,33)8/h14-15,22,24,26-28H,16-21H2,1-13H3/t22-,24+,26?,27?,28-,31-,32-,33-/m0/s1. The monoisotopic (exact) mass is 558 g/mol. The largest absolute Gasteiger partial charge is 0.414 e. The Morgan fingerprint density at radius 2 is 1.39 bits per heavy atom. The van der Waals surface area contributed by atoms with Crippen LogP contribution in [-0.2, 0) is 13.6 Å².